The number of rotatable bonds is 6. The zero-order valence-electron chi connectivity index (χ0n) is 10.6. The van der Waals surface area contributed by atoms with E-state index < -0.39 is 5.91 Å². The molecule has 0 saturated heterocycles. The van der Waals surface area contributed by atoms with Crippen LogP contribution in [0.2, 0.25) is 0 Å². The molecule has 0 atom stereocenters. The van der Waals surface area contributed by atoms with Crippen molar-refractivity contribution in [2.24, 2.45) is 5.73 Å². The van der Waals surface area contributed by atoms with Gasteiger partial charge in [0.1, 0.15) is 5.69 Å². The summed E-state index contributed by atoms with van der Waals surface area (Å²) in [5, 5.41) is 2.78. The molecule has 0 aromatic carbocycles. The van der Waals surface area contributed by atoms with Gasteiger partial charge in [-0.05, 0) is 39.2 Å². The molecule has 0 spiro atoms. The minimum atomic E-state index is -0.604. The lowest BCUT2D eigenvalue weighted by Gasteiger charge is -2.09. The van der Waals surface area contributed by atoms with Crippen molar-refractivity contribution in [3.63, 3.8) is 0 Å². The van der Waals surface area contributed by atoms with Gasteiger partial charge >= 0.3 is 0 Å². The molecule has 0 aliphatic rings. The van der Waals surface area contributed by atoms with Gasteiger partial charge < -0.3 is 16.0 Å². The van der Waals surface area contributed by atoms with Crippen LogP contribution in [0.15, 0.2) is 18.3 Å². The number of nitrogens with zero attached hydrogens (tertiary/aromatic N) is 2. The molecule has 1 rings (SSSR count). The van der Waals surface area contributed by atoms with Crippen molar-refractivity contribution >= 4 is 11.8 Å². The lowest BCUT2D eigenvalue weighted by Crippen LogP contribution is -2.27. The maximum Gasteiger partial charge on any atom is 0.267 e. The van der Waals surface area contributed by atoms with Gasteiger partial charge in [-0.25, -0.2) is 0 Å². The topological polar surface area (TPSA) is 88.3 Å². The van der Waals surface area contributed by atoms with E-state index in [0.717, 1.165) is 13.0 Å². The maximum atomic E-state index is 11.7. The number of carbonyl (C=O) groups is 2. The predicted octanol–water partition coefficient (Wildman–Crippen LogP) is -0.138. The van der Waals surface area contributed by atoms with Crippen molar-refractivity contribution in [3.05, 3.63) is 29.6 Å². The number of nitrogens with two attached hydrogens (primary N) is 1. The van der Waals surface area contributed by atoms with Gasteiger partial charge in [-0.3, -0.25) is 14.6 Å². The zero-order chi connectivity index (χ0) is 13.5. The highest BCUT2D eigenvalue weighted by atomic mass is 16.2. The van der Waals surface area contributed by atoms with Crippen molar-refractivity contribution in [2.45, 2.75) is 6.42 Å². The second-order valence-corrected chi connectivity index (χ2v) is 4.21. The first-order chi connectivity index (χ1) is 8.50. The van der Waals surface area contributed by atoms with E-state index >= 15 is 0 Å². The van der Waals surface area contributed by atoms with Gasteiger partial charge in [0.2, 0.25) is 0 Å². The Morgan fingerprint density at radius 1 is 1.39 bits per heavy atom. The SMILES string of the molecule is CN(C)CCCNC(=O)c1ccc(C(N)=O)nc1. The van der Waals surface area contributed by atoms with Crippen LogP contribution in [0.3, 0.4) is 0 Å². The molecule has 0 radical (unpaired) electrons. The fourth-order valence-corrected chi connectivity index (χ4v) is 1.37. The number of hydrogen-bond acceptors (Lipinski definition) is 4. The third-order valence-corrected chi connectivity index (χ3v) is 2.35. The molecule has 98 valence electrons. The number of pyridine rings is 1. The molecule has 0 aliphatic heterocycles. The fourth-order valence-electron chi connectivity index (χ4n) is 1.37. The van der Waals surface area contributed by atoms with E-state index in [0.29, 0.717) is 12.1 Å². The molecule has 3 N–H and O–H groups in total. The summed E-state index contributed by atoms with van der Waals surface area (Å²) in [7, 11) is 3.96. The van der Waals surface area contributed by atoms with E-state index in [1.165, 1.54) is 18.3 Å². The Kier molecular flexibility index (Phi) is 5.26. The van der Waals surface area contributed by atoms with Gasteiger partial charge in [0.25, 0.3) is 11.8 Å². The zero-order valence-corrected chi connectivity index (χ0v) is 10.6. The van der Waals surface area contributed by atoms with E-state index in [1.54, 1.807) is 0 Å². The molecule has 1 aromatic rings. The van der Waals surface area contributed by atoms with Gasteiger partial charge in [0, 0.05) is 12.7 Å². The van der Waals surface area contributed by atoms with Crippen molar-refractivity contribution in [1.29, 1.82) is 0 Å². The average molecular weight is 250 g/mol. The van der Waals surface area contributed by atoms with Gasteiger partial charge in [-0.2, -0.15) is 0 Å². The summed E-state index contributed by atoms with van der Waals surface area (Å²) in [4.78, 5) is 28.4. The van der Waals surface area contributed by atoms with Gasteiger partial charge in [-0.1, -0.05) is 0 Å². The van der Waals surface area contributed by atoms with Crippen LogP contribution in [0, 0.1) is 0 Å². The minimum Gasteiger partial charge on any atom is -0.364 e. The second-order valence-electron chi connectivity index (χ2n) is 4.21. The molecule has 18 heavy (non-hydrogen) atoms. The molecular weight excluding hydrogens is 232 g/mol. The third kappa shape index (κ3) is 4.50. The molecule has 0 aliphatic carbocycles. The van der Waals surface area contributed by atoms with Crippen molar-refractivity contribution < 1.29 is 9.59 Å². The Labute approximate surface area is 106 Å². The first-order valence-corrected chi connectivity index (χ1v) is 5.69. The first-order valence-electron chi connectivity index (χ1n) is 5.69. The fraction of sp³-hybridized carbons (Fsp3) is 0.417. The molecule has 1 heterocycles. The Bertz CT molecular complexity index is 415. The number of aromatic nitrogens is 1. The standard InChI is InChI=1S/C12H18N4O2/c1-16(2)7-3-6-14-12(18)9-4-5-10(11(13)17)15-8-9/h4-5,8H,3,6-7H2,1-2H3,(H2,13,17)(H,14,18). The summed E-state index contributed by atoms with van der Waals surface area (Å²) < 4.78 is 0. The van der Waals surface area contributed by atoms with Crippen molar-refractivity contribution in [3.8, 4) is 0 Å². The van der Waals surface area contributed by atoms with Crippen LogP contribution in [-0.4, -0.2) is 48.9 Å². The summed E-state index contributed by atoms with van der Waals surface area (Å²) >= 11 is 0. The highest BCUT2D eigenvalue weighted by Crippen LogP contribution is 1.99. The molecule has 2 amide bonds. The van der Waals surface area contributed by atoms with Crippen LogP contribution in [0.5, 0.6) is 0 Å². The Morgan fingerprint density at radius 2 is 2.11 bits per heavy atom. The van der Waals surface area contributed by atoms with E-state index in [4.69, 9.17) is 5.73 Å². The predicted molar refractivity (Wildman–Crippen MR) is 68.3 cm³/mol. The summed E-state index contributed by atoms with van der Waals surface area (Å²) in [6, 6.07) is 2.98. The van der Waals surface area contributed by atoms with E-state index in [-0.39, 0.29) is 11.6 Å². The van der Waals surface area contributed by atoms with E-state index in [2.05, 4.69) is 15.2 Å². The number of carbonyl (C=O) groups excluding carboxylic acids is 2. The van der Waals surface area contributed by atoms with Gasteiger partial charge in [0.05, 0.1) is 5.56 Å². The molecule has 0 unspecified atom stereocenters. The van der Waals surface area contributed by atoms with Crippen molar-refractivity contribution in [2.75, 3.05) is 27.2 Å². The third-order valence-electron chi connectivity index (χ3n) is 2.35. The molecular formula is C12H18N4O2. The highest BCUT2D eigenvalue weighted by molar-refractivity contribution is 5.95. The van der Waals surface area contributed by atoms with Crippen LogP contribution >= 0.6 is 0 Å². The first kappa shape index (κ1) is 14.1. The smallest absolute Gasteiger partial charge is 0.267 e. The second kappa shape index (κ2) is 6.70. The van der Waals surface area contributed by atoms with Crippen LogP contribution in [0.4, 0.5) is 0 Å². The monoisotopic (exact) mass is 250 g/mol. The number of primary amides is 1. The number of nitrogens with one attached hydrogen (secondary N) is 1. The quantitative estimate of drug-likeness (QED) is 0.688. The molecule has 0 bridgehead atoms. The van der Waals surface area contributed by atoms with Crippen LogP contribution in [0.25, 0.3) is 0 Å². The van der Waals surface area contributed by atoms with Gasteiger partial charge in [-0.15, -0.1) is 0 Å². The minimum absolute atomic E-state index is 0.152. The lowest BCUT2D eigenvalue weighted by molar-refractivity contribution is 0.0948. The Balaban J connectivity index is 2.44. The maximum absolute atomic E-state index is 11.7. The Morgan fingerprint density at radius 3 is 2.61 bits per heavy atom. The molecule has 0 fully saturated rings. The summed E-state index contributed by atoms with van der Waals surface area (Å²) in [5.74, 6) is -0.801. The van der Waals surface area contributed by atoms with Crippen LogP contribution in [-0.2, 0) is 0 Å². The number of amides is 2. The summed E-state index contributed by atoms with van der Waals surface area (Å²) in [5.41, 5.74) is 5.63. The molecule has 1 aromatic heterocycles. The van der Waals surface area contributed by atoms with E-state index in [9.17, 15) is 9.59 Å². The molecule has 0 saturated carbocycles. The highest BCUT2D eigenvalue weighted by Gasteiger charge is 2.07. The van der Waals surface area contributed by atoms with Crippen LogP contribution in [0.1, 0.15) is 27.3 Å². The average Bonchev–Trinajstić information content (AvgIpc) is 2.34. The van der Waals surface area contributed by atoms with Crippen molar-refractivity contribution in [1.82, 2.24) is 15.2 Å². The number of hydrogen-bond donors (Lipinski definition) is 2. The largest absolute Gasteiger partial charge is 0.364 e. The molecule has 6 nitrogen and oxygen atoms in total. The lowest BCUT2D eigenvalue weighted by atomic mass is 10.2. The molecule has 6 heteroatoms. The summed E-state index contributed by atoms with van der Waals surface area (Å²) in [6.07, 6.45) is 2.23. The van der Waals surface area contributed by atoms with E-state index in [1.807, 2.05) is 14.1 Å². The van der Waals surface area contributed by atoms with Crippen LogP contribution < -0.4 is 11.1 Å². The van der Waals surface area contributed by atoms with Gasteiger partial charge in [0.15, 0.2) is 0 Å². The summed E-state index contributed by atoms with van der Waals surface area (Å²) in [6.45, 7) is 1.52. The Hall–Kier alpha value is -1.95. The normalized spacial score (nSPS) is 10.4.